The van der Waals surface area contributed by atoms with Crippen LogP contribution in [0, 0.1) is 0 Å². The van der Waals surface area contributed by atoms with E-state index in [1.165, 1.54) is 5.56 Å². The molecule has 0 bridgehead atoms. The summed E-state index contributed by atoms with van der Waals surface area (Å²) in [6.45, 7) is 2.88. The molecule has 1 saturated carbocycles. The van der Waals surface area contributed by atoms with E-state index in [4.69, 9.17) is 4.99 Å². The SMILES string of the molecule is CCCCC1=NC2(CCCC2)C(O)N1Cc1ccc(-c2ccccc2-c2nnn[nH]2)cc1. The summed E-state index contributed by atoms with van der Waals surface area (Å²) < 4.78 is 0. The molecule has 1 aliphatic carbocycles. The van der Waals surface area contributed by atoms with Crippen molar-refractivity contribution in [3.63, 3.8) is 0 Å². The Labute approximate surface area is 188 Å². The van der Waals surface area contributed by atoms with Gasteiger partial charge < -0.3 is 10.0 Å². The van der Waals surface area contributed by atoms with Crippen molar-refractivity contribution in [2.45, 2.75) is 70.2 Å². The average Bonchev–Trinajstić information content (AvgIpc) is 3.58. The van der Waals surface area contributed by atoms with Crippen LogP contribution in [0.25, 0.3) is 22.5 Å². The van der Waals surface area contributed by atoms with Crippen molar-refractivity contribution in [3.05, 3.63) is 54.1 Å². The number of H-pyrrole nitrogens is 1. The molecule has 1 atom stereocenters. The Morgan fingerprint density at radius 1 is 1.06 bits per heavy atom. The van der Waals surface area contributed by atoms with Gasteiger partial charge in [-0.1, -0.05) is 74.7 Å². The number of nitrogens with zero attached hydrogens (tertiary/aromatic N) is 5. The van der Waals surface area contributed by atoms with Gasteiger partial charge in [-0.3, -0.25) is 4.99 Å². The minimum absolute atomic E-state index is 0.285. The summed E-state index contributed by atoms with van der Waals surface area (Å²) in [4.78, 5) is 7.23. The first kappa shape index (κ1) is 20.8. The highest BCUT2D eigenvalue weighted by Crippen LogP contribution is 2.42. The summed E-state index contributed by atoms with van der Waals surface area (Å²) in [6.07, 6.45) is 6.95. The van der Waals surface area contributed by atoms with E-state index >= 15 is 0 Å². The van der Waals surface area contributed by atoms with Gasteiger partial charge in [0.1, 0.15) is 11.4 Å². The predicted octanol–water partition coefficient (Wildman–Crippen LogP) is 4.57. The molecular weight excluding hydrogens is 400 g/mol. The molecule has 1 unspecified atom stereocenters. The Morgan fingerprint density at radius 3 is 2.50 bits per heavy atom. The monoisotopic (exact) mass is 430 g/mol. The highest BCUT2D eigenvalue weighted by Gasteiger charge is 2.48. The lowest BCUT2D eigenvalue weighted by atomic mass is 9.96. The maximum Gasteiger partial charge on any atom is 0.180 e. The molecule has 0 amide bonds. The number of amidine groups is 1. The van der Waals surface area contributed by atoms with Crippen molar-refractivity contribution >= 4 is 5.84 Å². The van der Waals surface area contributed by atoms with Crippen molar-refractivity contribution < 1.29 is 5.11 Å². The van der Waals surface area contributed by atoms with E-state index in [0.29, 0.717) is 12.4 Å². The van der Waals surface area contributed by atoms with Gasteiger partial charge in [-0.05, 0) is 46.4 Å². The first-order valence-electron chi connectivity index (χ1n) is 11.7. The quantitative estimate of drug-likeness (QED) is 0.573. The van der Waals surface area contributed by atoms with Gasteiger partial charge in [0.05, 0.1) is 0 Å². The molecular formula is C25H30N6O. The van der Waals surface area contributed by atoms with Gasteiger partial charge in [0.25, 0.3) is 0 Å². The third-order valence-corrected chi connectivity index (χ3v) is 6.83. The summed E-state index contributed by atoms with van der Waals surface area (Å²) in [7, 11) is 0. The minimum Gasteiger partial charge on any atom is -0.371 e. The lowest BCUT2D eigenvalue weighted by Gasteiger charge is -2.31. The second-order valence-corrected chi connectivity index (χ2v) is 8.94. The molecule has 2 heterocycles. The van der Waals surface area contributed by atoms with E-state index < -0.39 is 6.23 Å². The maximum absolute atomic E-state index is 11.2. The Bertz CT molecular complexity index is 1070. The van der Waals surface area contributed by atoms with Crippen molar-refractivity contribution in [2.75, 3.05) is 0 Å². The maximum atomic E-state index is 11.2. The average molecular weight is 431 g/mol. The van der Waals surface area contributed by atoms with Gasteiger partial charge in [-0.25, -0.2) is 5.10 Å². The largest absolute Gasteiger partial charge is 0.371 e. The van der Waals surface area contributed by atoms with E-state index in [2.05, 4.69) is 62.8 Å². The van der Waals surface area contributed by atoms with Crippen LogP contribution in [-0.2, 0) is 6.54 Å². The van der Waals surface area contributed by atoms with Gasteiger partial charge in [-0.2, -0.15) is 0 Å². The molecule has 0 saturated heterocycles. The normalized spacial score (nSPS) is 19.6. The number of aliphatic imine (C=N–C) groups is 1. The third-order valence-electron chi connectivity index (χ3n) is 6.83. The van der Waals surface area contributed by atoms with Gasteiger partial charge in [0.2, 0.25) is 0 Å². The molecule has 3 aromatic rings. The molecule has 2 aromatic carbocycles. The molecule has 0 radical (unpaired) electrons. The lowest BCUT2D eigenvalue weighted by Crippen LogP contribution is -2.45. The summed E-state index contributed by atoms with van der Waals surface area (Å²) in [5.41, 5.74) is 4.04. The second kappa shape index (κ2) is 8.82. The summed E-state index contributed by atoms with van der Waals surface area (Å²) in [5, 5.41) is 25.6. The van der Waals surface area contributed by atoms with Gasteiger partial charge >= 0.3 is 0 Å². The van der Waals surface area contributed by atoms with Crippen LogP contribution in [0.4, 0.5) is 0 Å². The molecule has 7 nitrogen and oxygen atoms in total. The zero-order valence-electron chi connectivity index (χ0n) is 18.5. The predicted molar refractivity (Wildman–Crippen MR) is 125 cm³/mol. The molecule has 5 rings (SSSR count). The first-order valence-corrected chi connectivity index (χ1v) is 11.7. The number of aromatic nitrogens is 4. The number of aliphatic hydroxyl groups excluding tert-OH is 1. The second-order valence-electron chi connectivity index (χ2n) is 8.94. The van der Waals surface area contributed by atoms with Crippen LogP contribution in [-0.4, -0.2) is 48.2 Å². The summed E-state index contributed by atoms with van der Waals surface area (Å²) in [5.74, 6) is 1.73. The highest BCUT2D eigenvalue weighted by molar-refractivity contribution is 5.85. The van der Waals surface area contributed by atoms with Gasteiger partial charge in [0, 0.05) is 18.5 Å². The number of aromatic amines is 1. The van der Waals surface area contributed by atoms with E-state index in [0.717, 1.165) is 67.5 Å². The Balaban J connectivity index is 1.38. The fourth-order valence-electron chi connectivity index (χ4n) is 5.08. The van der Waals surface area contributed by atoms with Gasteiger partial charge in [0.15, 0.2) is 12.1 Å². The zero-order valence-corrected chi connectivity index (χ0v) is 18.5. The lowest BCUT2D eigenvalue weighted by molar-refractivity contribution is 0.00295. The molecule has 32 heavy (non-hydrogen) atoms. The van der Waals surface area contributed by atoms with Crippen LogP contribution >= 0.6 is 0 Å². The van der Waals surface area contributed by atoms with Crippen molar-refractivity contribution in [2.24, 2.45) is 4.99 Å². The number of rotatable bonds is 7. The number of aliphatic hydroxyl groups is 1. The van der Waals surface area contributed by atoms with Crippen LogP contribution in [0.5, 0.6) is 0 Å². The van der Waals surface area contributed by atoms with E-state index in [1.54, 1.807) is 0 Å². The van der Waals surface area contributed by atoms with E-state index in [-0.39, 0.29) is 5.54 Å². The van der Waals surface area contributed by atoms with Crippen LogP contribution in [0.15, 0.2) is 53.5 Å². The minimum atomic E-state index is -0.517. The molecule has 7 heteroatoms. The smallest absolute Gasteiger partial charge is 0.180 e. The standard InChI is InChI=1S/C25H30N6O/c1-2-3-10-22-26-25(15-6-7-16-25)24(32)31(22)17-18-11-13-19(14-12-18)20-8-4-5-9-21(20)23-27-29-30-28-23/h4-5,8-9,11-14,24,32H,2-3,6-7,10,15-17H2,1H3,(H,27,28,29,30). The van der Waals surface area contributed by atoms with Crippen molar-refractivity contribution in [1.82, 2.24) is 25.5 Å². The number of benzene rings is 2. The molecule has 2 N–H and O–H groups in total. The number of nitrogens with one attached hydrogen (secondary N) is 1. The fraction of sp³-hybridized carbons (Fsp3) is 0.440. The zero-order chi connectivity index (χ0) is 22.0. The number of hydrogen-bond acceptors (Lipinski definition) is 6. The van der Waals surface area contributed by atoms with Crippen LogP contribution < -0.4 is 0 Å². The molecule has 2 aliphatic rings. The van der Waals surface area contributed by atoms with E-state index in [9.17, 15) is 5.11 Å². The van der Waals surface area contributed by atoms with Crippen molar-refractivity contribution in [1.29, 1.82) is 0 Å². The molecule has 1 aromatic heterocycles. The first-order chi connectivity index (χ1) is 15.7. The van der Waals surface area contributed by atoms with Gasteiger partial charge in [-0.15, -0.1) is 5.10 Å². The molecule has 1 spiro atoms. The summed E-state index contributed by atoms with van der Waals surface area (Å²) >= 11 is 0. The molecule has 166 valence electrons. The number of unbranched alkanes of at least 4 members (excludes halogenated alkanes) is 1. The van der Waals surface area contributed by atoms with E-state index in [1.807, 2.05) is 18.2 Å². The van der Waals surface area contributed by atoms with Crippen LogP contribution in [0.1, 0.15) is 57.4 Å². The summed E-state index contributed by atoms with van der Waals surface area (Å²) in [6, 6.07) is 16.7. The number of tetrazole rings is 1. The van der Waals surface area contributed by atoms with Crippen LogP contribution in [0.3, 0.4) is 0 Å². The third kappa shape index (κ3) is 3.81. The molecule has 1 aliphatic heterocycles. The topological polar surface area (TPSA) is 90.3 Å². The van der Waals surface area contributed by atoms with Crippen LogP contribution in [0.2, 0.25) is 0 Å². The fourth-order valence-corrected chi connectivity index (χ4v) is 5.08. The Kier molecular flexibility index (Phi) is 5.74. The van der Waals surface area contributed by atoms with Crippen molar-refractivity contribution in [3.8, 4) is 22.5 Å². The Hall–Kier alpha value is -3.06. The number of hydrogen-bond donors (Lipinski definition) is 2. The highest BCUT2D eigenvalue weighted by atomic mass is 16.3. The Morgan fingerprint density at radius 2 is 1.81 bits per heavy atom. The molecule has 1 fully saturated rings.